The second-order valence-corrected chi connectivity index (χ2v) is 4.17. The molecular weight excluding hydrogens is 272 g/mol. The highest BCUT2D eigenvalue weighted by Crippen LogP contribution is 2.13. The number of oxazole rings is 1. The lowest BCUT2D eigenvalue weighted by Gasteiger charge is -2.00. The van der Waals surface area contributed by atoms with Gasteiger partial charge >= 0.3 is 6.01 Å². The monoisotopic (exact) mass is 280 g/mol. The Balaban J connectivity index is 2.14. The van der Waals surface area contributed by atoms with E-state index in [1.165, 1.54) is 6.26 Å². The van der Waals surface area contributed by atoms with Gasteiger partial charge in [-0.05, 0) is 25.1 Å². The number of halogens is 1. The first-order chi connectivity index (χ1) is 7.65. The van der Waals surface area contributed by atoms with E-state index >= 15 is 0 Å². The third-order valence-electron chi connectivity index (χ3n) is 1.93. The van der Waals surface area contributed by atoms with Crippen LogP contribution in [-0.4, -0.2) is 10.9 Å². The van der Waals surface area contributed by atoms with Gasteiger partial charge in [0.25, 0.3) is 5.91 Å². The molecule has 0 saturated carbocycles. The van der Waals surface area contributed by atoms with Crippen molar-refractivity contribution in [2.24, 2.45) is 0 Å². The van der Waals surface area contributed by atoms with Crippen LogP contribution in [0.5, 0.6) is 0 Å². The molecule has 0 saturated heterocycles. The fraction of sp³-hybridized carbons (Fsp3) is 0.0909. The molecule has 0 radical (unpaired) electrons. The molecule has 0 atom stereocenters. The van der Waals surface area contributed by atoms with Crippen molar-refractivity contribution >= 4 is 27.9 Å². The molecule has 0 bridgehead atoms. The van der Waals surface area contributed by atoms with Gasteiger partial charge in [0.15, 0.2) is 0 Å². The van der Waals surface area contributed by atoms with Gasteiger partial charge in [-0.25, -0.2) is 0 Å². The first-order valence-corrected chi connectivity index (χ1v) is 5.43. The Bertz CT molecular complexity index is 522. The number of rotatable bonds is 2. The normalized spacial score (nSPS) is 10.1. The topological polar surface area (TPSA) is 55.1 Å². The van der Waals surface area contributed by atoms with E-state index in [1.54, 1.807) is 25.1 Å². The second-order valence-electron chi connectivity index (χ2n) is 3.26. The van der Waals surface area contributed by atoms with Crippen LogP contribution in [0.2, 0.25) is 0 Å². The zero-order valence-electron chi connectivity index (χ0n) is 8.53. The molecule has 0 fully saturated rings. The van der Waals surface area contributed by atoms with E-state index in [0.717, 1.165) is 10.2 Å². The summed E-state index contributed by atoms with van der Waals surface area (Å²) < 4.78 is 5.88. The number of carbonyl (C=O) groups excluding carboxylic acids is 1. The van der Waals surface area contributed by atoms with E-state index in [0.29, 0.717) is 5.56 Å². The van der Waals surface area contributed by atoms with Gasteiger partial charge in [0.2, 0.25) is 0 Å². The lowest BCUT2D eigenvalue weighted by atomic mass is 10.2. The molecule has 2 rings (SSSR count). The van der Waals surface area contributed by atoms with Crippen LogP contribution in [0, 0.1) is 6.92 Å². The van der Waals surface area contributed by atoms with E-state index in [1.807, 2.05) is 6.07 Å². The molecule has 1 aromatic carbocycles. The van der Waals surface area contributed by atoms with E-state index in [2.05, 4.69) is 26.2 Å². The van der Waals surface area contributed by atoms with Crippen LogP contribution in [-0.2, 0) is 0 Å². The van der Waals surface area contributed by atoms with Crippen LogP contribution in [0.15, 0.2) is 39.4 Å². The van der Waals surface area contributed by atoms with E-state index in [-0.39, 0.29) is 11.9 Å². The number of nitrogens with zero attached hydrogens (tertiary/aromatic N) is 1. The molecule has 1 N–H and O–H groups in total. The standard InChI is InChI=1S/C11H9BrN2O2/c1-7-6-16-11(13-7)14-10(15)8-3-2-4-9(12)5-8/h2-6H,1H3,(H,13,14,15). The molecule has 2 aromatic rings. The molecule has 0 aliphatic heterocycles. The molecule has 16 heavy (non-hydrogen) atoms. The summed E-state index contributed by atoms with van der Waals surface area (Å²) in [6.45, 7) is 1.79. The Morgan fingerprint density at radius 2 is 2.31 bits per heavy atom. The van der Waals surface area contributed by atoms with Gasteiger partial charge in [-0.3, -0.25) is 10.1 Å². The summed E-state index contributed by atoms with van der Waals surface area (Å²) in [4.78, 5) is 15.7. The molecule has 1 heterocycles. The Kier molecular flexibility index (Phi) is 3.05. The maximum atomic E-state index is 11.7. The molecule has 0 aliphatic carbocycles. The third kappa shape index (κ3) is 2.49. The van der Waals surface area contributed by atoms with Gasteiger partial charge in [0.05, 0.1) is 5.69 Å². The average Bonchev–Trinajstić information content (AvgIpc) is 2.64. The highest BCUT2D eigenvalue weighted by atomic mass is 79.9. The minimum atomic E-state index is -0.247. The fourth-order valence-electron chi connectivity index (χ4n) is 1.21. The summed E-state index contributed by atoms with van der Waals surface area (Å²) >= 11 is 3.30. The quantitative estimate of drug-likeness (QED) is 0.920. The smallest absolute Gasteiger partial charge is 0.301 e. The molecule has 1 amide bonds. The van der Waals surface area contributed by atoms with Crippen molar-refractivity contribution < 1.29 is 9.21 Å². The Morgan fingerprint density at radius 3 is 2.94 bits per heavy atom. The molecule has 1 aromatic heterocycles. The van der Waals surface area contributed by atoms with Crippen LogP contribution >= 0.6 is 15.9 Å². The van der Waals surface area contributed by atoms with Crippen molar-refractivity contribution in [1.82, 2.24) is 4.98 Å². The molecule has 82 valence electrons. The molecular formula is C11H9BrN2O2. The largest absolute Gasteiger partial charge is 0.432 e. The summed E-state index contributed by atoms with van der Waals surface area (Å²) in [6, 6.07) is 7.30. The maximum Gasteiger partial charge on any atom is 0.301 e. The van der Waals surface area contributed by atoms with Crippen molar-refractivity contribution in [1.29, 1.82) is 0 Å². The SMILES string of the molecule is Cc1coc(NC(=O)c2cccc(Br)c2)n1. The number of aryl methyl sites for hydroxylation is 1. The molecule has 0 aliphatic rings. The van der Waals surface area contributed by atoms with Crippen molar-refractivity contribution in [3.8, 4) is 0 Å². The lowest BCUT2D eigenvalue weighted by molar-refractivity contribution is 0.102. The highest BCUT2D eigenvalue weighted by Gasteiger charge is 2.09. The molecule has 5 heteroatoms. The van der Waals surface area contributed by atoms with Crippen molar-refractivity contribution in [2.45, 2.75) is 6.92 Å². The second kappa shape index (κ2) is 4.49. The summed E-state index contributed by atoms with van der Waals surface area (Å²) in [5, 5.41) is 2.57. The van der Waals surface area contributed by atoms with Crippen molar-refractivity contribution in [3.05, 3.63) is 46.3 Å². The fourth-order valence-corrected chi connectivity index (χ4v) is 1.61. The van der Waals surface area contributed by atoms with Crippen LogP contribution in [0.1, 0.15) is 16.1 Å². The van der Waals surface area contributed by atoms with Gasteiger partial charge < -0.3 is 4.42 Å². The maximum absolute atomic E-state index is 11.7. The van der Waals surface area contributed by atoms with Crippen LogP contribution in [0.3, 0.4) is 0 Å². The third-order valence-corrected chi connectivity index (χ3v) is 2.42. The van der Waals surface area contributed by atoms with E-state index in [4.69, 9.17) is 4.42 Å². The van der Waals surface area contributed by atoms with Gasteiger partial charge in [-0.15, -0.1) is 0 Å². The van der Waals surface area contributed by atoms with Crippen LogP contribution in [0.4, 0.5) is 6.01 Å². The minimum Gasteiger partial charge on any atom is -0.432 e. The lowest BCUT2D eigenvalue weighted by Crippen LogP contribution is -2.11. The number of carbonyl (C=O) groups is 1. The number of amides is 1. The first-order valence-electron chi connectivity index (χ1n) is 4.64. The van der Waals surface area contributed by atoms with Gasteiger partial charge in [0.1, 0.15) is 6.26 Å². The number of benzene rings is 1. The highest BCUT2D eigenvalue weighted by molar-refractivity contribution is 9.10. The molecule has 0 unspecified atom stereocenters. The number of hydrogen-bond donors (Lipinski definition) is 1. The summed E-state index contributed by atoms with van der Waals surface area (Å²) in [5.41, 5.74) is 1.27. The number of nitrogens with one attached hydrogen (secondary N) is 1. The Labute approximate surface area is 101 Å². The van der Waals surface area contributed by atoms with E-state index in [9.17, 15) is 4.79 Å². The van der Waals surface area contributed by atoms with Gasteiger partial charge in [-0.1, -0.05) is 22.0 Å². The zero-order valence-corrected chi connectivity index (χ0v) is 10.1. The van der Waals surface area contributed by atoms with Crippen LogP contribution in [0.25, 0.3) is 0 Å². The number of hydrogen-bond acceptors (Lipinski definition) is 3. The van der Waals surface area contributed by atoms with Gasteiger partial charge in [-0.2, -0.15) is 4.98 Å². The Morgan fingerprint density at radius 1 is 1.50 bits per heavy atom. The molecule has 0 spiro atoms. The minimum absolute atomic E-state index is 0.211. The molecule has 4 nitrogen and oxygen atoms in total. The summed E-state index contributed by atoms with van der Waals surface area (Å²) in [5.74, 6) is -0.247. The van der Waals surface area contributed by atoms with Crippen LogP contribution < -0.4 is 5.32 Å². The summed E-state index contributed by atoms with van der Waals surface area (Å²) in [6.07, 6.45) is 1.48. The zero-order chi connectivity index (χ0) is 11.5. The first kappa shape index (κ1) is 10.9. The number of anilines is 1. The average molecular weight is 281 g/mol. The van der Waals surface area contributed by atoms with Crippen molar-refractivity contribution in [2.75, 3.05) is 5.32 Å². The predicted octanol–water partition coefficient (Wildman–Crippen LogP) is 3.00. The summed E-state index contributed by atoms with van der Waals surface area (Å²) in [7, 11) is 0. The Hall–Kier alpha value is -1.62. The predicted molar refractivity (Wildman–Crippen MR) is 63.3 cm³/mol. The van der Waals surface area contributed by atoms with Gasteiger partial charge in [0, 0.05) is 10.0 Å². The number of aromatic nitrogens is 1. The van der Waals surface area contributed by atoms with E-state index < -0.39 is 0 Å². The van der Waals surface area contributed by atoms with Crippen molar-refractivity contribution in [3.63, 3.8) is 0 Å².